The molecule has 2 aliphatic rings. The first kappa shape index (κ1) is 12.5. The maximum Gasteiger partial charge on any atom is 0.222 e. The molecule has 1 aliphatic carbocycles. The Morgan fingerprint density at radius 2 is 2.26 bits per heavy atom. The van der Waals surface area contributed by atoms with E-state index in [1.54, 1.807) is 7.11 Å². The lowest BCUT2D eigenvalue weighted by atomic mass is 9.79. The molecule has 3 nitrogen and oxygen atoms in total. The van der Waals surface area contributed by atoms with E-state index in [0.717, 1.165) is 31.6 Å². The van der Waals surface area contributed by atoms with E-state index in [4.69, 9.17) is 4.74 Å². The van der Waals surface area contributed by atoms with Crippen LogP contribution in [0.3, 0.4) is 0 Å². The molecule has 0 saturated carbocycles. The van der Waals surface area contributed by atoms with Crippen molar-refractivity contribution in [3.8, 4) is 5.75 Å². The molecule has 2 atom stereocenters. The van der Waals surface area contributed by atoms with Gasteiger partial charge in [0, 0.05) is 24.9 Å². The topological polar surface area (TPSA) is 29.5 Å². The number of hydrogen-bond acceptors (Lipinski definition) is 2. The fourth-order valence-electron chi connectivity index (χ4n) is 3.77. The van der Waals surface area contributed by atoms with Crippen LogP contribution in [0.2, 0.25) is 0 Å². The second-order valence-electron chi connectivity index (χ2n) is 5.47. The summed E-state index contributed by atoms with van der Waals surface area (Å²) in [7, 11) is 1.74. The third-order valence-electron chi connectivity index (χ3n) is 4.65. The van der Waals surface area contributed by atoms with Crippen LogP contribution in [-0.2, 0) is 11.2 Å². The van der Waals surface area contributed by atoms with Crippen molar-refractivity contribution in [1.82, 2.24) is 4.90 Å². The number of ether oxygens (including phenoxy) is 1. The van der Waals surface area contributed by atoms with E-state index in [2.05, 4.69) is 17.0 Å². The molecule has 19 heavy (non-hydrogen) atoms. The van der Waals surface area contributed by atoms with Crippen molar-refractivity contribution >= 4 is 5.91 Å². The minimum absolute atomic E-state index is 0.304. The molecule has 1 aromatic carbocycles. The van der Waals surface area contributed by atoms with Crippen LogP contribution in [0.15, 0.2) is 18.2 Å². The molecule has 3 rings (SSSR count). The molecule has 1 fully saturated rings. The fraction of sp³-hybridized carbons (Fsp3) is 0.562. The Labute approximate surface area is 114 Å². The summed E-state index contributed by atoms with van der Waals surface area (Å²) in [5.41, 5.74) is 2.76. The number of amides is 1. The van der Waals surface area contributed by atoms with Gasteiger partial charge in [0.05, 0.1) is 7.11 Å². The number of nitrogens with zero attached hydrogens (tertiary/aromatic N) is 1. The lowest BCUT2D eigenvalue weighted by Gasteiger charge is -2.33. The summed E-state index contributed by atoms with van der Waals surface area (Å²) in [6.45, 7) is 2.87. The van der Waals surface area contributed by atoms with Gasteiger partial charge >= 0.3 is 0 Å². The number of hydrogen-bond donors (Lipinski definition) is 0. The largest absolute Gasteiger partial charge is 0.496 e. The summed E-state index contributed by atoms with van der Waals surface area (Å²) in [6, 6.07) is 6.74. The summed E-state index contributed by atoms with van der Waals surface area (Å²) in [5, 5.41) is 0. The molecule has 1 saturated heterocycles. The molecule has 0 aromatic heterocycles. The molecule has 0 N–H and O–H groups in total. The number of likely N-dealkylation sites (tertiary alicyclic amines) is 1. The highest BCUT2D eigenvalue weighted by molar-refractivity contribution is 5.77. The maximum atomic E-state index is 12.0. The highest BCUT2D eigenvalue weighted by Crippen LogP contribution is 2.44. The van der Waals surface area contributed by atoms with Crippen molar-refractivity contribution in [2.45, 2.75) is 44.6 Å². The Bertz CT molecular complexity index is 498. The van der Waals surface area contributed by atoms with Gasteiger partial charge in [-0.25, -0.2) is 0 Å². The minimum atomic E-state index is 0.304. The molecule has 1 amide bonds. The van der Waals surface area contributed by atoms with Crippen LogP contribution in [0.4, 0.5) is 0 Å². The first-order valence-electron chi connectivity index (χ1n) is 7.21. The number of fused-ring (bicyclic) bond motifs is 3. The lowest BCUT2D eigenvalue weighted by molar-refractivity contribution is -0.131. The summed E-state index contributed by atoms with van der Waals surface area (Å²) in [5.74, 6) is 1.82. The highest BCUT2D eigenvalue weighted by atomic mass is 16.5. The van der Waals surface area contributed by atoms with Gasteiger partial charge in [-0.05, 0) is 36.5 Å². The summed E-state index contributed by atoms with van der Waals surface area (Å²) >= 11 is 0. The zero-order valence-corrected chi connectivity index (χ0v) is 11.7. The molecule has 0 radical (unpaired) electrons. The summed E-state index contributed by atoms with van der Waals surface area (Å²) < 4.78 is 5.48. The fourth-order valence-corrected chi connectivity index (χ4v) is 3.77. The Morgan fingerprint density at radius 3 is 3.00 bits per heavy atom. The Hall–Kier alpha value is -1.51. The molecule has 1 aromatic rings. The SMILES string of the molecule is CCC(=O)N1CCC2c3cccc(OC)c3CCC21. The van der Waals surface area contributed by atoms with E-state index >= 15 is 0 Å². The van der Waals surface area contributed by atoms with E-state index in [9.17, 15) is 4.79 Å². The van der Waals surface area contributed by atoms with Crippen LogP contribution >= 0.6 is 0 Å². The second-order valence-corrected chi connectivity index (χ2v) is 5.47. The average molecular weight is 259 g/mol. The molecule has 1 aliphatic heterocycles. The summed E-state index contributed by atoms with van der Waals surface area (Å²) in [4.78, 5) is 14.1. The normalized spacial score (nSPS) is 24.8. The van der Waals surface area contributed by atoms with Crippen LogP contribution < -0.4 is 4.74 Å². The van der Waals surface area contributed by atoms with Gasteiger partial charge in [0.25, 0.3) is 0 Å². The van der Waals surface area contributed by atoms with Gasteiger partial charge in [0.1, 0.15) is 5.75 Å². The van der Waals surface area contributed by atoms with Gasteiger partial charge in [0.2, 0.25) is 5.91 Å². The number of carbonyl (C=O) groups is 1. The van der Waals surface area contributed by atoms with Gasteiger partial charge in [-0.1, -0.05) is 19.1 Å². The first-order valence-corrected chi connectivity index (χ1v) is 7.21. The maximum absolute atomic E-state index is 12.0. The van der Waals surface area contributed by atoms with Gasteiger partial charge < -0.3 is 9.64 Å². The van der Waals surface area contributed by atoms with Crippen molar-refractivity contribution in [2.24, 2.45) is 0 Å². The number of carbonyl (C=O) groups excluding carboxylic acids is 1. The van der Waals surface area contributed by atoms with Gasteiger partial charge in [-0.3, -0.25) is 4.79 Å². The molecular formula is C16H21NO2. The minimum Gasteiger partial charge on any atom is -0.496 e. The smallest absolute Gasteiger partial charge is 0.222 e. The molecule has 0 bridgehead atoms. The molecular weight excluding hydrogens is 238 g/mol. The van der Waals surface area contributed by atoms with Crippen LogP contribution in [0, 0.1) is 0 Å². The van der Waals surface area contributed by atoms with E-state index in [1.165, 1.54) is 11.1 Å². The number of benzene rings is 1. The standard InChI is InChI=1S/C16H21NO2/c1-3-16(18)17-10-9-12-11-5-4-6-15(19-2)13(11)7-8-14(12)17/h4-6,12,14H,3,7-10H2,1-2H3. The lowest BCUT2D eigenvalue weighted by Crippen LogP contribution is -2.39. The van der Waals surface area contributed by atoms with Crippen molar-refractivity contribution in [3.63, 3.8) is 0 Å². The molecule has 2 unspecified atom stereocenters. The Kier molecular flexibility index (Phi) is 3.21. The van der Waals surface area contributed by atoms with Crippen LogP contribution in [0.25, 0.3) is 0 Å². The van der Waals surface area contributed by atoms with E-state index in [0.29, 0.717) is 24.3 Å². The van der Waals surface area contributed by atoms with Crippen molar-refractivity contribution in [2.75, 3.05) is 13.7 Å². The molecule has 1 heterocycles. The molecule has 3 heteroatoms. The number of rotatable bonds is 2. The van der Waals surface area contributed by atoms with Crippen molar-refractivity contribution < 1.29 is 9.53 Å². The van der Waals surface area contributed by atoms with E-state index in [-0.39, 0.29) is 0 Å². The Balaban J connectivity index is 1.94. The Morgan fingerprint density at radius 1 is 1.42 bits per heavy atom. The first-order chi connectivity index (χ1) is 9.26. The predicted molar refractivity (Wildman–Crippen MR) is 74.5 cm³/mol. The third-order valence-corrected chi connectivity index (χ3v) is 4.65. The van der Waals surface area contributed by atoms with Gasteiger partial charge in [0.15, 0.2) is 0 Å². The molecule has 0 spiro atoms. The second kappa shape index (κ2) is 4.87. The number of methoxy groups -OCH3 is 1. The van der Waals surface area contributed by atoms with Crippen LogP contribution in [-0.4, -0.2) is 30.5 Å². The quantitative estimate of drug-likeness (QED) is 0.817. The van der Waals surface area contributed by atoms with Crippen molar-refractivity contribution in [1.29, 1.82) is 0 Å². The van der Waals surface area contributed by atoms with E-state index < -0.39 is 0 Å². The highest BCUT2D eigenvalue weighted by Gasteiger charge is 2.40. The zero-order chi connectivity index (χ0) is 13.4. The summed E-state index contributed by atoms with van der Waals surface area (Å²) in [6.07, 6.45) is 3.81. The van der Waals surface area contributed by atoms with Crippen molar-refractivity contribution in [3.05, 3.63) is 29.3 Å². The van der Waals surface area contributed by atoms with Crippen LogP contribution in [0.1, 0.15) is 43.2 Å². The third kappa shape index (κ3) is 1.92. The van der Waals surface area contributed by atoms with Gasteiger partial charge in [-0.2, -0.15) is 0 Å². The predicted octanol–water partition coefficient (Wildman–Crippen LogP) is 2.74. The zero-order valence-electron chi connectivity index (χ0n) is 11.7. The van der Waals surface area contributed by atoms with Gasteiger partial charge in [-0.15, -0.1) is 0 Å². The average Bonchev–Trinajstić information content (AvgIpc) is 2.90. The van der Waals surface area contributed by atoms with Crippen LogP contribution in [0.5, 0.6) is 5.75 Å². The monoisotopic (exact) mass is 259 g/mol. The van der Waals surface area contributed by atoms with E-state index in [1.807, 2.05) is 13.0 Å². The molecule has 102 valence electrons.